The fraction of sp³-hybridized carbons (Fsp3) is 0.632. The first-order valence-electron chi connectivity index (χ1n) is 8.67. The Bertz CT molecular complexity index is 543. The molecule has 1 aliphatic heterocycles. The number of aryl methyl sites for hydroxylation is 2. The third-order valence-corrected chi connectivity index (χ3v) is 4.84. The molecular formula is C19H29NO4. The summed E-state index contributed by atoms with van der Waals surface area (Å²) in [6, 6.07) is 3.26. The highest BCUT2D eigenvalue weighted by Gasteiger charge is 2.29. The minimum Gasteiger partial charge on any atom is -0.496 e. The van der Waals surface area contributed by atoms with E-state index in [4.69, 9.17) is 9.47 Å². The fourth-order valence-electron chi connectivity index (χ4n) is 3.65. The fourth-order valence-corrected chi connectivity index (χ4v) is 3.65. The van der Waals surface area contributed by atoms with Gasteiger partial charge in [0.2, 0.25) is 0 Å². The second-order valence-electron chi connectivity index (χ2n) is 6.57. The number of likely N-dealkylation sites (N-methyl/N-ethyl adjacent to an activating group) is 1. The zero-order valence-electron chi connectivity index (χ0n) is 15.2. The third-order valence-electron chi connectivity index (χ3n) is 4.84. The van der Waals surface area contributed by atoms with Crippen LogP contribution in [0, 0.1) is 19.8 Å². The van der Waals surface area contributed by atoms with Crippen molar-refractivity contribution in [2.75, 3.05) is 33.4 Å². The van der Waals surface area contributed by atoms with Crippen LogP contribution < -0.4 is 4.74 Å². The lowest BCUT2D eigenvalue weighted by molar-refractivity contribution is -0.144. The summed E-state index contributed by atoms with van der Waals surface area (Å²) in [5.41, 5.74) is 2.77. The Morgan fingerprint density at radius 2 is 1.92 bits per heavy atom. The largest absolute Gasteiger partial charge is 0.496 e. The van der Waals surface area contributed by atoms with Crippen LogP contribution in [0.4, 0.5) is 0 Å². The summed E-state index contributed by atoms with van der Waals surface area (Å²) >= 11 is 0. The van der Waals surface area contributed by atoms with E-state index < -0.39 is 12.0 Å². The zero-order valence-corrected chi connectivity index (χ0v) is 15.2. The average Bonchev–Trinajstić information content (AvgIpc) is 2.54. The van der Waals surface area contributed by atoms with E-state index in [9.17, 15) is 9.90 Å². The molecule has 1 saturated heterocycles. The molecule has 134 valence electrons. The van der Waals surface area contributed by atoms with E-state index >= 15 is 0 Å². The highest BCUT2D eigenvalue weighted by Crippen LogP contribution is 2.31. The average molecular weight is 335 g/mol. The second-order valence-corrected chi connectivity index (χ2v) is 6.57. The van der Waals surface area contributed by atoms with E-state index in [-0.39, 0.29) is 0 Å². The molecule has 0 amide bonds. The highest BCUT2D eigenvalue weighted by molar-refractivity contribution is 5.76. The first-order valence-corrected chi connectivity index (χ1v) is 8.67. The summed E-state index contributed by atoms with van der Waals surface area (Å²) < 4.78 is 10.8. The molecule has 5 heteroatoms. The lowest BCUT2D eigenvalue weighted by atomic mass is 9.95. The Morgan fingerprint density at radius 1 is 1.33 bits per heavy atom. The van der Waals surface area contributed by atoms with Crippen molar-refractivity contribution in [1.82, 2.24) is 4.90 Å². The predicted octanol–water partition coefficient (Wildman–Crippen LogP) is 3.19. The monoisotopic (exact) mass is 335 g/mol. The molecule has 1 atom stereocenters. The number of carbonyl (C=O) groups is 1. The van der Waals surface area contributed by atoms with Crippen LogP contribution in [0.3, 0.4) is 0 Å². The molecule has 1 aromatic rings. The number of rotatable bonds is 7. The molecule has 0 spiro atoms. The van der Waals surface area contributed by atoms with Crippen LogP contribution in [0.5, 0.6) is 5.75 Å². The molecule has 1 N–H and O–H groups in total. The summed E-state index contributed by atoms with van der Waals surface area (Å²) in [4.78, 5) is 14.1. The van der Waals surface area contributed by atoms with Gasteiger partial charge in [0.1, 0.15) is 11.8 Å². The van der Waals surface area contributed by atoms with Crippen LogP contribution in [-0.2, 0) is 9.53 Å². The van der Waals surface area contributed by atoms with Crippen molar-refractivity contribution in [3.05, 3.63) is 28.8 Å². The van der Waals surface area contributed by atoms with Gasteiger partial charge in [-0.15, -0.1) is 0 Å². The van der Waals surface area contributed by atoms with Gasteiger partial charge in [-0.05, 0) is 55.8 Å². The minimum atomic E-state index is -0.798. The molecule has 1 aromatic carbocycles. The van der Waals surface area contributed by atoms with Gasteiger partial charge in [-0.25, -0.2) is 0 Å². The standard InChI is InChI=1S/C19H29NO4/c1-5-20(12-15-6-8-24-9-7-15)17(19(21)22)16-10-13(2)18(23-4)14(3)11-16/h10-11,15,17H,5-9,12H2,1-4H3,(H,21,22). The normalized spacial score (nSPS) is 17.0. The molecule has 1 unspecified atom stereocenters. The maximum Gasteiger partial charge on any atom is 0.325 e. The zero-order chi connectivity index (χ0) is 17.7. The molecule has 0 aliphatic carbocycles. The molecule has 5 nitrogen and oxygen atoms in total. The van der Waals surface area contributed by atoms with Gasteiger partial charge in [-0.2, -0.15) is 0 Å². The summed E-state index contributed by atoms with van der Waals surface area (Å²) in [5, 5.41) is 9.87. The summed E-state index contributed by atoms with van der Waals surface area (Å²) in [5.74, 6) is 0.532. The maximum absolute atomic E-state index is 12.0. The molecule has 1 fully saturated rings. The van der Waals surface area contributed by atoms with Crippen LogP contribution in [0.15, 0.2) is 12.1 Å². The van der Waals surface area contributed by atoms with Gasteiger partial charge in [0.05, 0.1) is 7.11 Å². The number of carboxylic acids is 1. The number of hydrogen-bond acceptors (Lipinski definition) is 4. The molecule has 0 saturated carbocycles. The van der Waals surface area contributed by atoms with Crippen molar-refractivity contribution in [2.45, 2.75) is 39.7 Å². The van der Waals surface area contributed by atoms with Crippen molar-refractivity contribution >= 4 is 5.97 Å². The smallest absolute Gasteiger partial charge is 0.325 e. The molecule has 1 aliphatic rings. The molecule has 2 rings (SSSR count). The summed E-state index contributed by atoms with van der Waals surface area (Å²) in [6.07, 6.45) is 2.01. The summed E-state index contributed by atoms with van der Waals surface area (Å²) in [6.45, 7) is 9.01. The molecule has 24 heavy (non-hydrogen) atoms. The van der Waals surface area contributed by atoms with Gasteiger partial charge in [0, 0.05) is 19.8 Å². The number of aliphatic carboxylic acids is 1. The van der Waals surface area contributed by atoms with Gasteiger partial charge >= 0.3 is 5.97 Å². The SMILES string of the molecule is CCN(CC1CCOCC1)C(C(=O)O)c1cc(C)c(OC)c(C)c1. The topological polar surface area (TPSA) is 59.0 Å². The van der Waals surface area contributed by atoms with E-state index in [0.29, 0.717) is 12.5 Å². The van der Waals surface area contributed by atoms with Gasteiger partial charge < -0.3 is 14.6 Å². The lowest BCUT2D eigenvalue weighted by Crippen LogP contribution is -2.39. The number of nitrogens with zero attached hydrogens (tertiary/aromatic N) is 1. The van der Waals surface area contributed by atoms with Crippen molar-refractivity contribution in [1.29, 1.82) is 0 Å². The maximum atomic E-state index is 12.0. The second kappa shape index (κ2) is 8.49. The first-order chi connectivity index (χ1) is 11.5. The predicted molar refractivity (Wildman–Crippen MR) is 93.6 cm³/mol. The molecule has 0 bridgehead atoms. The third kappa shape index (κ3) is 4.28. The Balaban J connectivity index is 2.28. The number of ether oxygens (including phenoxy) is 2. The Morgan fingerprint density at radius 3 is 2.38 bits per heavy atom. The Labute approximate surface area is 144 Å². The number of benzene rings is 1. The van der Waals surface area contributed by atoms with Crippen molar-refractivity contribution in [3.63, 3.8) is 0 Å². The van der Waals surface area contributed by atoms with Gasteiger partial charge in [-0.1, -0.05) is 19.1 Å². The molecular weight excluding hydrogens is 306 g/mol. The lowest BCUT2D eigenvalue weighted by Gasteiger charge is -2.33. The van der Waals surface area contributed by atoms with Crippen LogP contribution >= 0.6 is 0 Å². The van der Waals surface area contributed by atoms with E-state index in [1.807, 2.05) is 32.9 Å². The van der Waals surface area contributed by atoms with E-state index in [2.05, 4.69) is 4.90 Å². The van der Waals surface area contributed by atoms with Crippen LogP contribution in [0.2, 0.25) is 0 Å². The minimum absolute atomic E-state index is 0.501. The number of methoxy groups -OCH3 is 1. The van der Waals surface area contributed by atoms with Gasteiger partial charge in [-0.3, -0.25) is 9.69 Å². The van der Waals surface area contributed by atoms with Crippen LogP contribution in [0.1, 0.15) is 42.5 Å². The highest BCUT2D eigenvalue weighted by atomic mass is 16.5. The van der Waals surface area contributed by atoms with Gasteiger partial charge in [0.15, 0.2) is 0 Å². The summed E-state index contributed by atoms with van der Waals surface area (Å²) in [7, 11) is 1.65. The molecule has 1 heterocycles. The van der Waals surface area contributed by atoms with Crippen molar-refractivity contribution in [2.24, 2.45) is 5.92 Å². The van der Waals surface area contributed by atoms with E-state index in [0.717, 1.165) is 55.0 Å². The van der Waals surface area contributed by atoms with Crippen LogP contribution in [0.25, 0.3) is 0 Å². The van der Waals surface area contributed by atoms with Crippen molar-refractivity contribution < 1.29 is 19.4 Å². The first kappa shape index (κ1) is 18.7. The number of hydrogen-bond donors (Lipinski definition) is 1. The number of carboxylic acid groups (broad SMARTS) is 1. The van der Waals surface area contributed by atoms with Gasteiger partial charge in [0.25, 0.3) is 0 Å². The molecule has 0 aromatic heterocycles. The van der Waals surface area contributed by atoms with Crippen LogP contribution in [-0.4, -0.2) is 49.4 Å². The molecule has 0 radical (unpaired) electrons. The van der Waals surface area contributed by atoms with E-state index in [1.54, 1.807) is 7.11 Å². The van der Waals surface area contributed by atoms with E-state index in [1.165, 1.54) is 0 Å². The van der Waals surface area contributed by atoms with Crippen molar-refractivity contribution in [3.8, 4) is 5.75 Å². The quantitative estimate of drug-likeness (QED) is 0.829. The Kier molecular flexibility index (Phi) is 6.63. The Hall–Kier alpha value is -1.59.